The Kier molecular flexibility index (Phi) is 2.03. The molecule has 1 nitrogen and oxygen atoms in total. The number of hydrogen-bond acceptors (Lipinski definition) is 1. The minimum atomic E-state index is 1.15. The summed E-state index contributed by atoms with van der Waals surface area (Å²) < 4.78 is 0. The van der Waals surface area contributed by atoms with Gasteiger partial charge < -0.3 is 5.32 Å². The maximum atomic E-state index is 3.28. The van der Waals surface area contributed by atoms with E-state index in [0.717, 1.165) is 5.70 Å². The van der Waals surface area contributed by atoms with Crippen molar-refractivity contribution >= 4 is 0 Å². The van der Waals surface area contributed by atoms with E-state index in [1.165, 1.54) is 22.3 Å². The number of fused-ring (bicyclic) bond motifs is 1. The minimum Gasteiger partial charge on any atom is -0.361 e. The van der Waals surface area contributed by atoms with Crippen LogP contribution in [0.2, 0.25) is 0 Å². The molecule has 1 heterocycles. The third-order valence-corrected chi connectivity index (χ3v) is 2.85. The molecule has 0 spiro atoms. The summed E-state index contributed by atoms with van der Waals surface area (Å²) in [5, 5.41) is 3.28. The first-order valence-corrected chi connectivity index (χ1v) is 5.47. The van der Waals surface area contributed by atoms with Crippen molar-refractivity contribution in [2.45, 2.75) is 6.92 Å². The van der Waals surface area contributed by atoms with Crippen molar-refractivity contribution in [1.82, 2.24) is 5.32 Å². The molecule has 0 aromatic rings. The van der Waals surface area contributed by atoms with Gasteiger partial charge in [0.15, 0.2) is 0 Å². The van der Waals surface area contributed by atoms with Gasteiger partial charge in [0, 0.05) is 11.9 Å². The summed E-state index contributed by atoms with van der Waals surface area (Å²) in [5.41, 5.74) is 6.39. The zero-order valence-corrected chi connectivity index (χ0v) is 9.20. The molecular formula is C15H13N. The molecule has 78 valence electrons. The van der Waals surface area contributed by atoms with Crippen LogP contribution in [0, 0.1) is 0 Å². The van der Waals surface area contributed by atoms with Gasteiger partial charge in [-0.1, -0.05) is 24.3 Å². The second-order valence-electron chi connectivity index (χ2n) is 4.16. The highest BCUT2D eigenvalue weighted by molar-refractivity contribution is 5.68. The molecule has 1 aliphatic heterocycles. The Morgan fingerprint density at radius 3 is 2.50 bits per heavy atom. The van der Waals surface area contributed by atoms with Crippen LogP contribution in [0.3, 0.4) is 0 Å². The lowest BCUT2D eigenvalue weighted by Gasteiger charge is -2.04. The molecule has 2 aliphatic carbocycles. The number of allylic oxidation sites excluding steroid dienone is 11. The Hall–Kier alpha value is -2.02. The molecule has 0 fully saturated rings. The van der Waals surface area contributed by atoms with E-state index in [-0.39, 0.29) is 0 Å². The van der Waals surface area contributed by atoms with Gasteiger partial charge in [0.2, 0.25) is 0 Å². The topological polar surface area (TPSA) is 12.0 Å². The Labute approximate surface area is 95.6 Å². The maximum Gasteiger partial charge on any atom is 0.0453 e. The molecule has 0 radical (unpaired) electrons. The third-order valence-electron chi connectivity index (χ3n) is 2.85. The van der Waals surface area contributed by atoms with E-state index in [1.807, 2.05) is 18.4 Å². The first kappa shape index (κ1) is 9.22. The Balaban J connectivity index is 1.93. The molecule has 0 amide bonds. The van der Waals surface area contributed by atoms with Crippen LogP contribution in [-0.2, 0) is 0 Å². The molecule has 1 heteroatoms. The molecule has 0 aromatic carbocycles. The Morgan fingerprint density at radius 2 is 1.62 bits per heavy atom. The first-order valence-electron chi connectivity index (χ1n) is 5.47. The highest BCUT2D eigenvalue weighted by Gasteiger charge is 2.16. The third kappa shape index (κ3) is 1.50. The average Bonchev–Trinajstić information content (AvgIpc) is 2.65. The lowest BCUT2D eigenvalue weighted by molar-refractivity contribution is 1.09. The van der Waals surface area contributed by atoms with Crippen molar-refractivity contribution in [1.29, 1.82) is 0 Å². The maximum absolute atomic E-state index is 3.28. The normalized spacial score (nSPS) is 21.4. The molecule has 0 bridgehead atoms. The molecule has 3 rings (SSSR count). The first-order chi connectivity index (χ1) is 7.83. The highest BCUT2D eigenvalue weighted by atomic mass is 14.9. The van der Waals surface area contributed by atoms with Gasteiger partial charge in [-0.05, 0) is 53.5 Å². The predicted octanol–water partition coefficient (Wildman–Crippen LogP) is 3.30. The van der Waals surface area contributed by atoms with Gasteiger partial charge >= 0.3 is 0 Å². The van der Waals surface area contributed by atoms with Crippen molar-refractivity contribution in [2.24, 2.45) is 0 Å². The van der Waals surface area contributed by atoms with Gasteiger partial charge in [-0.3, -0.25) is 0 Å². The molecule has 0 aromatic heterocycles. The fraction of sp³-hybridized carbons (Fsp3) is 0.0667. The molecule has 16 heavy (non-hydrogen) atoms. The molecule has 0 unspecified atom stereocenters. The van der Waals surface area contributed by atoms with E-state index in [4.69, 9.17) is 0 Å². The van der Waals surface area contributed by atoms with Crippen LogP contribution in [0.4, 0.5) is 0 Å². The molecule has 1 N–H and O–H groups in total. The van der Waals surface area contributed by atoms with E-state index >= 15 is 0 Å². The van der Waals surface area contributed by atoms with Gasteiger partial charge in [0.05, 0.1) is 0 Å². The van der Waals surface area contributed by atoms with Crippen LogP contribution >= 0.6 is 0 Å². The molecule has 0 atom stereocenters. The number of hydrogen-bond donors (Lipinski definition) is 1. The summed E-state index contributed by atoms with van der Waals surface area (Å²) in [6, 6.07) is 0. The van der Waals surface area contributed by atoms with Crippen molar-refractivity contribution in [2.75, 3.05) is 0 Å². The van der Waals surface area contributed by atoms with Gasteiger partial charge in [-0.25, -0.2) is 0 Å². The summed E-state index contributed by atoms with van der Waals surface area (Å²) in [5.74, 6) is 0. The summed E-state index contributed by atoms with van der Waals surface area (Å²) in [7, 11) is 0. The zero-order chi connectivity index (χ0) is 11.0. The molecule has 3 aliphatic rings. The van der Waals surface area contributed by atoms with Crippen LogP contribution < -0.4 is 5.32 Å². The highest BCUT2D eigenvalue weighted by Crippen LogP contribution is 2.33. The van der Waals surface area contributed by atoms with E-state index in [2.05, 4.69) is 48.7 Å². The number of nitrogens with one attached hydrogen (secondary N) is 1. The van der Waals surface area contributed by atoms with Gasteiger partial charge in [0.25, 0.3) is 0 Å². The lowest BCUT2D eigenvalue weighted by atomic mass is 10.1. The van der Waals surface area contributed by atoms with Crippen LogP contribution in [0.1, 0.15) is 6.92 Å². The second-order valence-corrected chi connectivity index (χ2v) is 4.16. The van der Waals surface area contributed by atoms with Gasteiger partial charge in [-0.2, -0.15) is 0 Å². The van der Waals surface area contributed by atoms with Crippen LogP contribution in [-0.4, -0.2) is 0 Å². The van der Waals surface area contributed by atoms with E-state index in [1.54, 1.807) is 0 Å². The predicted molar refractivity (Wildman–Crippen MR) is 67.5 cm³/mol. The van der Waals surface area contributed by atoms with Crippen molar-refractivity contribution in [3.63, 3.8) is 0 Å². The summed E-state index contributed by atoms with van der Waals surface area (Å²) in [6.45, 7) is 2.13. The zero-order valence-electron chi connectivity index (χ0n) is 9.20. The van der Waals surface area contributed by atoms with Gasteiger partial charge in [-0.15, -0.1) is 0 Å². The monoisotopic (exact) mass is 207 g/mol. The molecular weight excluding hydrogens is 194 g/mol. The van der Waals surface area contributed by atoms with Gasteiger partial charge in [0.1, 0.15) is 0 Å². The standard InChI is InChI=1S/C15H13N/c1-11-7-12-9-14(10-13(12)8-11)15-5-3-2-4-6-16-15/h2-10,16H,1H3. The van der Waals surface area contributed by atoms with E-state index in [0.29, 0.717) is 0 Å². The Morgan fingerprint density at radius 1 is 0.812 bits per heavy atom. The largest absolute Gasteiger partial charge is 0.361 e. The van der Waals surface area contributed by atoms with Crippen molar-refractivity contribution < 1.29 is 0 Å². The second kappa shape index (κ2) is 3.53. The number of rotatable bonds is 1. The van der Waals surface area contributed by atoms with E-state index in [9.17, 15) is 0 Å². The Bertz CT molecular complexity index is 546. The quantitative estimate of drug-likeness (QED) is 0.695. The molecule has 0 saturated heterocycles. The molecule has 0 saturated carbocycles. The van der Waals surface area contributed by atoms with Crippen LogP contribution in [0.15, 0.2) is 82.8 Å². The summed E-state index contributed by atoms with van der Waals surface area (Å²) in [4.78, 5) is 0. The smallest absolute Gasteiger partial charge is 0.0453 e. The SMILES string of the molecule is CC1=CC2=CC(C3=CC=CC=CN3)=CC2=C1. The van der Waals surface area contributed by atoms with E-state index < -0.39 is 0 Å². The minimum absolute atomic E-state index is 1.15. The van der Waals surface area contributed by atoms with Crippen molar-refractivity contribution in [3.05, 3.63) is 82.8 Å². The fourth-order valence-corrected chi connectivity index (χ4v) is 2.12. The van der Waals surface area contributed by atoms with Crippen LogP contribution in [0.25, 0.3) is 0 Å². The lowest BCUT2D eigenvalue weighted by Crippen LogP contribution is -2.04. The summed E-state index contributed by atoms with van der Waals surface area (Å²) >= 11 is 0. The van der Waals surface area contributed by atoms with Crippen molar-refractivity contribution in [3.8, 4) is 0 Å². The summed E-state index contributed by atoms with van der Waals surface area (Å²) in [6.07, 6.45) is 19.0. The average molecular weight is 207 g/mol. The van der Waals surface area contributed by atoms with Crippen LogP contribution in [0.5, 0.6) is 0 Å². The fourth-order valence-electron chi connectivity index (χ4n) is 2.12.